The summed E-state index contributed by atoms with van der Waals surface area (Å²) in [5.74, 6) is -0.428. The van der Waals surface area contributed by atoms with Gasteiger partial charge in [-0.2, -0.15) is 0 Å². The summed E-state index contributed by atoms with van der Waals surface area (Å²) >= 11 is 0. The Labute approximate surface area is 92.9 Å². The van der Waals surface area contributed by atoms with Gasteiger partial charge in [-0.3, -0.25) is 4.79 Å². The van der Waals surface area contributed by atoms with Crippen molar-refractivity contribution in [2.24, 2.45) is 0 Å². The highest BCUT2D eigenvalue weighted by molar-refractivity contribution is 5.95. The van der Waals surface area contributed by atoms with Crippen molar-refractivity contribution >= 4 is 5.91 Å². The number of hydrogen-bond donors (Lipinski definition) is 2. The molecule has 1 amide bonds. The van der Waals surface area contributed by atoms with Crippen LogP contribution in [0.1, 0.15) is 10.4 Å². The Morgan fingerprint density at radius 3 is 2.25 bits per heavy atom. The molecule has 2 rings (SSSR count). The van der Waals surface area contributed by atoms with Crippen LogP contribution in [0.25, 0.3) is 0 Å². The molecule has 16 heavy (non-hydrogen) atoms. The number of nitrogens with zero attached hydrogens (tertiary/aromatic N) is 1. The maximum absolute atomic E-state index is 12.0. The van der Waals surface area contributed by atoms with E-state index in [-0.39, 0.29) is 17.4 Å². The number of aromatic hydroxyl groups is 2. The third kappa shape index (κ3) is 2.25. The molecule has 0 atom stereocenters. The molecule has 0 radical (unpaired) electrons. The van der Waals surface area contributed by atoms with Gasteiger partial charge in [0.15, 0.2) is 0 Å². The average Bonchev–Trinajstić information content (AvgIpc) is 2.28. The van der Waals surface area contributed by atoms with Gasteiger partial charge < -0.3 is 19.8 Å². The first-order chi connectivity index (χ1) is 7.66. The Morgan fingerprint density at radius 1 is 1.12 bits per heavy atom. The molecular formula is C11H13NO4. The Bertz CT molecular complexity index is 379. The van der Waals surface area contributed by atoms with Gasteiger partial charge in [-0.25, -0.2) is 0 Å². The Kier molecular flexibility index (Phi) is 2.96. The van der Waals surface area contributed by atoms with Gasteiger partial charge in [0, 0.05) is 24.7 Å². The van der Waals surface area contributed by atoms with Crippen molar-refractivity contribution in [2.75, 3.05) is 26.3 Å². The number of phenolic OH excluding ortho intramolecular Hbond substituents is 2. The van der Waals surface area contributed by atoms with E-state index in [1.165, 1.54) is 18.2 Å². The largest absolute Gasteiger partial charge is 0.508 e. The lowest BCUT2D eigenvalue weighted by atomic mass is 10.1. The van der Waals surface area contributed by atoms with E-state index in [2.05, 4.69) is 0 Å². The summed E-state index contributed by atoms with van der Waals surface area (Å²) in [7, 11) is 0. The molecule has 0 aromatic heterocycles. The summed E-state index contributed by atoms with van der Waals surface area (Å²) in [5.41, 5.74) is 0.291. The minimum Gasteiger partial charge on any atom is -0.508 e. The highest BCUT2D eigenvalue weighted by Gasteiger charge is 2.19. The zero-order valence-corrected chi connectivity index (χ0v) is 8.72. The van der Waals surface area contributed by atoms with E-state index in [1.54, 1.807) is 4.90 Å². The number of carbonyl (C=O) groups is 1. The number of rotatable bonds is 1. The van der Waals surface area contributed by atoms with E-state index in [0.29, 0.717) is 31.9 Å². The monoisotopic (exact) mass is 223 g/mol. The smallest absolute Gasteiger partial charge is 0.254 e. The van der Waals surface area contributed by atoms with Gasteiger partial charge >= 0.3 is 0 Å². The van der Waals surface area contributed by atoms with Crippen LogP contribution < -0.4 is 0 Å². The molecule has 1 aliphatic heterocycles. The van der Waals surface area contributed by atoms with Gasteiger partial charge in [0.2, 0.25) is 0 Å². The SMILES string of the molecule is O=C(c1cc(O)cc(O)c1)N1CCOCC1. The molecule has 0 spiro atoms. The van der Waals surface area contributed by atoms with Crippen molar-refractivity contribution in [3.63, 3.8) is 0 Å². The predicted octanol–water partition coefficient (Wildman–Crippen LogP) is 0.570. The lowest BCUT2D eigenvalue weighted by molar-refractivity contribution is 0.0302. The van der Waals surface area contributed by atoms with E-state index in [1.807, 2.05) is 0 Å². The number of carbonyl (C=O) groups excluding carboxylic acids is 1. The van der Waals surface area contributed by atoms with E-state index >= 15 is 0 Å². The van der Waals surface area contributed by atoms with Gasteiger partial charge in [-0.1, -0.05) is 0 Å². The lowest BCUT2D eigenvalue weighted by Gasteiger charge is -2.26. The fraction of sp³-hybridized carbons (Fsp3) is 0.364. The molecule has 0 bridgehead atoms. The van der Waals surface area contributed by atoms with E-state index in [4.69, 9.17) is 4.74 Å². The quantitative estimate of drug-likeness (QED) is 0.730. The molecule has 0 aliphatic carbocycles. The van der Waals surface area contributed by atoms with Crippen LogP contribution in [0.4, 0.5) is 0 Å². The Hall–Kier alpha value is -1.75. The maximum Gasteiger partial charge on any atom is 0.254 e. The number of morpholine rings is 1. The van der Waals surface area contributed by atoms with Gasteiger partial charge in [-0.15, -0.1) is 0 Å². The molecule has 1 fully saturated rings. The molecule has 1 aliphatic rings. The molecule has 5 nitrogen and oxygen atoms in total. The summed E-state index contributed by atoms with van der Waals surface area (Å²) < 4.78 is 5.14. The average molecular weight is 223 g/mol. The zero-order chi connectivity index (χ0) is 11.5. The fourth-order valence-corrected chi connectivity index (χ4v) is 1.67. The van der Waals surface area contributed by atoms with Crippen LogP contribution >= 0.6 is 0 Å². The second-order valence-corrected chi connectivity index (χ2v) is 3.64. The number of hydrogen-bond acceptors (Lipinski definition) is 4. The Balaban J connectivity index is 2.19. The Morgan fingerprint density at radius 2 is 1.69 bits per heavy atom. The first kappa shape index (κ1) is 10.8. The van der Waals surface area contributed by atoms with Crippen LogP contribution in [-0.4, -0.2) is 47.3 Å². The first-order valence-corrected chi connectivity index (χ1v) is 5.07. The number of ether oxygens (including phenoxy) is 1. The van der Waals surface area contributed by atoms with Gasteiger partial charge in [0.1, 0.15) is 11.5 Å². The highest BCUT2D eigenvalue weighted by Crippen LogP contribution is 2.21. The second-order valence-electron chi connectivity index (χ2n) is 3.64. The third-order valence-electron chi connectivity index (χ3n) is 2.45. The summed E-state index contributed by atoms with van der Waals surface area (Å²) in [4.78, 5) is 13.6. The molecule has 86 valence electrons. The van der Waals surface area contributed by atoms with Crippen molar-refractivity contribution in [1.29, 1.82) is 0 Å². The summed E-state index contributed by atoms with van der Waals surface area (Å²) in [5, 5.41) is 18.6. The minimum absolute atomic E-state index is 0.114. The minimum atomic E-state index is -0.200. The molecule has 1 aromatic rings. The van der Waals surface area contributed by atoms with E-state index in [9.17, 15) is 15.0 Å². The van der Waals surface area contributed by atoms with Gasteiger partial charge in [0.25, 0.3) is 5.91 Å². The zero-order valence-electron chi connectivity index (χ0n) is 8.72. The number of amides is 1. The standard InChI is InChI=1S/C11H13NO4/c13-9-5-8(6-10(14)7-9)11(15)12-1-3-16-4-2-12/h5-7,13-14H,1-4H2. The van der Waals surface area contributed by atoms with Crippen LogP contribution in [-0.2, 0) is 4.74 Å². The molecule has 2 N–H and O–H groups in total. The van der Waals surface area contributed by atoms with Crippen molar-refractivity contribution in [3.05, 3.63) is 23.8 Å². The molecule has 0 saturated carbocycles. The molecule has 1 saturated heterocycles. The fourth-order valence-electron chi connectivity index (χ4n) is 1.67. The third-order valence-corrected chi connectivity index (χ3v) is 2.45. The number of phenols is 2. The topological polar surface area (TPSA) is 70.0 Å². The molecule has 0 unspecified atom stereocenters. The van der Waals surface area contributed by atoms with Crippen LogP contribution in [0.15, 0.2) is 18.2 Å². The van der Waals surface area contributed by atoms with Gasteiger partial charge in [0.05, 0.1) is 13.2 Å². The highest BCUT2D eigenvalue weighted by atomic mass is 16.5. The van der Waals surface area contributed by atoms with Crippen molar-refractivity contribution in [3.8, 4) is 11.5 Å². The summed E-state index contributed by atoms with van der Waals surface area (Å²) in [6.45, 7) is 2.12. The van der Waals surface area contributed by atoms with Crippen molar-refractivity contribution < 1.29 is 19.7 Å². The van der Waals surface area contributed by atoms with E-state index in [0.717, 1.165) is 0 Å². The molecule has 5 heteroatoms. The van der Waals surface area contributed by atoms with E-state index < -0.39 is 0 Å². The van der Waals surface area contributed by atoms with Crippen LogP contribution in [0.2, 0.25) is 0 Å². The maximum atomic E-state index is 12.0. The predicted molar refractivity (Wildman–Crippen MR) is 56.5 cm³/mol. The first-order valence-electron chi connectivity index (χ1n) is 5.07. The van der Waals surface area contributed by atoms with Gasteiger partial charge in [-0.05, 0) is 12.1 Å². The summed E-state index contributed by atoms with van der Waals surface area (Å²) in [6, 6.07) is 3.88. The second kappa shape index (κ2) is 4.40. The lowest BCUT2D eigenvalue weighted by Crippen LogP contribution is -2.40. The number of benzene rings is 1. The van der Waals surface area contributed by atoms with Crippen LogP contribution in [0.5, 0.6) is 11.5 Å². The molecular weight excluding hydrogens is 210 g/mol. The van der Waals surface area contributed by atoms with Crippen LogP contribution in [0.3, 0.4) is 0 Å². The van der Waals surface area contributed by atoms with Crippen LogP contribution in [0, 0.1) is 0 Å². The van der Waals surface area contributed by atoms with Crippen molar-refractivity contribution in [1.82, 2.24) is 4.90 Å². The molecule has 1 heterocycles. The van der Waals surface area contributed by atoms with Crippen molar-refractivity contribution in [2.45, 2.75) is 0 Å². The normalized spacial score (nSPS) is 16.1. The summed E-state index contributed by atoms with van der Waals surface area (Å²) in [6.07, 6.45) is 0. The molecule has 1 aromatic carbocycles.